The van der Waals surface area contributed by atoms with Crippen LogP contribution in [0, 0.1) is 0 Å². The summed E-state index contributed by atoms with van der Waals surface area (Å²) in [6, 6.07) is 4.94. The lowest BCUT2D eigenvalue weighted by atomic mass is 10.0. The average molecular weight is 321 g/mol. The molecule has 114 valence electrons. The van der Waals surface area contributed by atoms with Gasteiger partial charge in [-0.15, -0.1) is 0 Å². The van der Waals surface area contributed by atoms with Crippen molar-refractivity contribution in [3.8, 4) is 0 Å². The molecule has 0 amide bonds. The van der Waals surface area contributed by atoms with E-state index in [2.05, 4.69) is 4.72 Å². The van der Waals surface area contributed by atoms with Crippen molar-refractivity contribution in [2.45, 2.75) is 35.6 Å². The third-order valence-electron chi connectivity index (χ3n) is 3.07. The van der Waals surface area contributed by atoms with E-state index in [-0.39, 0.29) is 16.4 Å². The molecule has 0 aliphatic rings. The predicted octanol–water partition coefficient (Wildman–Crippen LogP) is 0.529. The van der Waals surface area contributed by atoms with Crippen molar-refractivity contribution in [2.24, 2.45) is 0 Å². The van der Waals surface area contributed by atoms with Crippen molar-refractivity contribution in [1.29, 1.82) is 0 Å². The normalized spacial score (nSPS) is 15.8. The van der Waals surface area contributed by atoms with Gasteiger partial charge in [0.1, 0.15) is 0 Å². The number of hydrogen-bond acceptors (Lipinski definition) is 5. The number of sulfone groups is 1. The smallest absolute Gasteiger partial charge is 0.241 e. The van der Waals surface area contributed by atoms with Crippen LogP contribution in [0.15, 0.2) is 34.1 Å². The number of benzene rings is 1. The van der Waals surface area contributed by atoms with Gasteiger partial charge in [-0.25, -0.2) is 21.6 Å². The zero-order valence-electron chi connectivity index (χ0n) is 11.6. The Labute approximate surface area is 119 Å². The molecule has 0 saturated carbocycles. The van der Waals surface area contributed by atoms with Crippen LogP contribution < -0.4 is 4.72 Å². The first kappa shape index (κ1) is 17.1. The van der Waals surface area contributed by atoms with Crippen molar-refractivity contribution < 1.29 is 21.9 Å². The number of rotatable bonds is 6. The highest BCUT2D eigenvalue weighted by Gasteiger charge is 2.28. The third-order valence-corrected chi connectivity index (χ3v) is 5.86. The molecule has 8 heteroatoms. The van der Waals surface area contributed by atoms with E-state index in [1.54, 1.807) is 13.8 Å². The summed E-state index contributed by atoms with van der Waals surface area (Å²) in [5, 5.41) is 9.24. The molecular weight excluding hydrogens is 302 g/mol. The highest BCUT2D eigenvalue weighted by Crippen LogP contribution is 2.18. The Hall–Kier alpha value is -0.960. The average Bonchev–Trinajstić information content (AvgIpc) is 2.37. The van der Waals surface area contributed by atoms with Gasteiger partial charge in [0.05, 0.1) is 21.9 Å². The van der Waals surface area contributed by atoms with Gasteiger partial charge in [0.25, 0.3) is 0 Å². The number of hydrogen-bond donors (Lipinski definition) is 2. The van der Waals surface area contributed by atoms with Crippen LogP contribution in [0.3, 0.4) is 0 Å². The molecule has 0 spiro atoms. The van der Waals surface area contributed by atoms with E-state index in [0.717, 1.165) is 6.26 Å². The molecule has 1 unspecified atom stereocenters. The Bertz CT molecular complexity index is 658. The molecule has 0 heterocycles. The number of nitrogens with one attached hydrogen (secondary N) is 1. The van der Waals surface area contributed by atoms with Crippen molar-refractivity contribution >= 4 is 19.9 Å². The lowest BCUT2D eigenvalue weighted by Crippen LogP contribution is -2.48. The quantitative estimate of drug-likeness (QED) is 0.796. The largest absolute Gasteiger partial charge is 0.394 e. The number of aliphatic hydroxyl groups excluding tert-OH is 1. The molecular formula is C12H19NO5S2. The Morgan fingerprint density at radius 2 is 1.55 bits per heavy atom. The molecule has 0 aromatic heterocycles. The Morgan fingerprint density at radius 1 is 1.10 bits per heavy atom. The van der Waals surface area contributed by atoms with Gasteiger partial charge in [0.2, 0.25) is 10.0 Å². The highest BCUT2D eigenvalue weighted by atomic mass is 32.2. The van der Waals surface area contributed by atoms with Crippen LogP contribution in [0.25, 0.3) is 0 Å². The van der Waals surface area contributed by atoms with Gasteiger partial charge in [-0.1, -0.05) is 6.92 Å². The minimum absolute atomic E-state index is 0.0435. The van der Waals surface area contributed by atoms with Crippen LogP contribution in [-0.4, -0.2) is 40.3 Å². The minimum atomic E-state index is -3.81. The molecule has 6 nitrogen and oxygen atoms in total. The molecule has 1 atom stereocenters. The molecule has 0 aliphatic carbocycles. The second-order valence-electron chi connectivity index (χ2n) is 4.92. The minimum Gasteiger partial charge on any atom is -0.394 e. The van der Waals surface area contributed by atoms with E-state index in [9.17, 15) is 21.9 Å². The Kier molecular flexibility index (Phi) is 4.96. The molecule has 1 rings (SSSR count). The summed E-state index contributed by atoms with van der Waals surface area (Å²) in [6.45, 7) is 3.02. The van der Waals surface area contributed by atoms with Gasteiger partial charge in [-0.05, 0) is 37.6 Å². The highest BCUT2D eigenvalue weighted by molar-refractivity contribution is 7.90. The zero-order valence-corrected chi connectivity index (χ0v) is 13.3. The molecule has 0 fully saturated rings. The fraction of sp³-hybridized carbons (Fsp3) is 0.500. The van der Waals surface area contributed by atoms with E-state index in [0.29, 0.717) is 6.42 Å². The maximum atomic E-state index is 12.2. The topological polar surface area (TPSA) is 101 Å². The van der Waals surface area contributed by atoms with Crippen LogP contribution in [0.2, 0.25) is 0 Å². The van der Waals surface area contributed by atoms with E-state index in [4.69, 9.17) is 0 Å². The number of aliphatic hydroxyl groups is 1. The van der Waals surface area contributed by atoms with E-state index in [1.165, 1.54) is 24.3 Å². The van der Waals surface area contributed by atoms with Gasteiger partial charge >= 0.3 is 0 Å². The Balaban J connectivity index is 3.12. The van der Waals surface area contributed by atoms with Gasteiger partial charge < -0.3 is 5.11 Å². The fourth-order valence-electron chi connectivity index (χ4n) is 1.47. The van der Waals surface area contributed by atoms with Crippen LogP contribution >= 0.6 is 0 Å². The Morgan fingerprint density at radius 3 is 1.90 bits per heavy atom. The molecule has 0 aliphatic heterocycles. The summed E-state index contributed by atoms with van der Waals surface area (Å²) in [5.41, 5.74) is -0.950. The maximum Gasteiger partial charge on any atom is 0.241 e. The van der Waals surface area contributed by atoms with Gasteiger partial charge in [0.15, 0.2) is 9.84 Å². The summed E-state index contributed by atoms with van der Waals surface area (Å²) in [7, 11) is -7.17. The molecule has 0 radical (unpaired) electrons. The summed E-state index contributed by atoms with van der Waals surface area (Å²) in [5.74, 6) is 0. The number of sulfonamides is 1. The van der Waals surface area contributed by atoms with E-state index in [1.807, 2.05) is 0 Å². The maximum absolute atomic E-state index is 12.2. The summed E-state index contributed by atoms with van der Waals surface area (Å²) >= 11 is 0. The first-order chi connectivity index (χ1) is 9.04. The molecule has 0 saturated heterocycles. The molecule has 20 heavy (non-hydrogen) atoms. The van der Waals surface area contributed by atoms with Crippen molar-refractivity contribution in [3.05, 3.63) is 24.3 Å². The van der Waals surface area contributed by atoms with Crippen molar-refractivity contribution in [3.63, 3.8) is 0 Å². The molecule has 0 bridgehead atoms. The van der Waals surface area contributed by atoms with Crippen LogP contribution in [0.5, 0.6) is 0 Å². The van der Waals surface area contributed by atoms with Crippen LogP contribution in [0.1, 0.15) is 20.3 Å². The first-order valence-electron chi connectivity index (χ1n) is 5.99. The van der Waals surface area contributed by atoms with Crippen LogP contribution in [-0.2, 0) is 19.9 Å². The van der Waals surface area contributed by atoms with E-state index < -0.39 is 25.4 Å². The second-order valence-corrected chi connectivity index (χ2v) is 8.62. The molecule has 1 aromatic carbocycles. The standard InChI is InChI=1S/C12H19NO5S2/c1-4-12(2,9-14)13-20(17,18)11-7-5-10(6-8-11)19(3,15)16/h5-8,13-14H,4,9H2,1-3H3. The second kappa shape index (κ2) is 5.80. The SMILES string of the molecule is CCC(C)(CO)NS(=O)(=O)c1ccc(S(C)(=O)=O)cc1. The third kappa shape index (κ3) is 4.02. The van der Waals surface area contributed by atoms with Gasteiger partial charge in [-0.3, -0.25) is 0 Å². The summed E-state index contributed by atoms with van der Waals surface area (Å²) in [6.07, 6.45) is 1.47. The van der Waals surface area contributed by atoms with Gasteiger partial charge in [0, 0.05) is 6.26 Å². The van der Waals surface area contributed by atoms with E-state index >= 15 is 0 Å². The summed E-state index contributed by atoms with van der Waals surface area (Å²) < 4.78 is 49.4. The van der Waals surface area contributed by atoms with Crippen LogP contribution in [0.4, 0.5) is 0 Å². The fourth-order valence-corrected chi connectivity index (χ4v) is 3.57. The lowest BCUT2D eigenvalue weighted by Gasteiger charge is -2.26. The van der Waals surface area contributed by atoms with Crippen molar-refractivity contribution in [1.82, 2.24) is 4.72 Å². The predicted molar refractivity (Wildman–Crippen MR) is 75.7 cm³/mol. The first-order valence-corrected chi connectivity index (χ1v) is 9.36. The van der Waals surface area contributed by atoms with Gasteiger partial charge in [-0.2, -0.15) is 0 Å². The lowest BCUT2D eigenvalue weighted by molar-refractivity contribution is 0.191. The molecule has 1 aromatic rings. The summed E-state index contributed by atoms with van der Waals surface area (Å²) in [4.78, 5) is 0.00915. The monoisotopic (exact) mass is 321 g/mol. The molecule has 2 N–H and O–H groups in total. The van der Waals surface area contributed by atoms with Crippen molar-refractivity contribution in [2.75, 3.05) is 12.9 Å². The zero-order chi connectivity index (χ0) is 15.6.